The molecule has 8 heteroatoms. The number of carbonyl (C=O) groups excluding carboxylic acids is 2. The minimum absolute atomic E-state index is 0.132. The van der Waals surface area contributed by atoms with Crippen molar-refractivity contribution in [2.24, 2.45) is 0 Å². The Morgan fingerprint density at radius 2 is 1.74 bits per heavy atom. The number of nitrogens with one attached hydrogen (secondary N) is 3. The maximum Gasteiger partial charge on any atom is 0.257 e. The number of thiocarbonyl (C=S) groups is 1. The maximum atomic E-state index is 12.7. The van der Waals surface area contributed by atoms with Crippen molar-refractivity contribution in [3.63, 3.8) is 0 Å². The average Bonchev–Trinajstić information content (AvgIpc) is 2.86. The number of anilines is 1. The van der Waals surface area contributed by atoms with Gasteiger partial charge in [-0.2, -0.15) is 0 Å². The van der Waals surface area contributed by atoms with Gasteiger partial charge in [0, 0.05) is 17.3 Å². The first-order valence-electron chi connectivity index (χ1n) is 12.4. The molecule has 1 aliphatic rings. The second-order valence-electron chi connectivity index (χ2n) is 8.84. The zero-order chi connectivity index (χ0) is 25.0. The van der Waals surface area contributed by atoms with E-state index >= 15 is 0 Å². The van der Waals surface area contributed by atoms with Crippen LogP contribution in [-0.4, -0.2) is 29.6 Å². The number of halogens is 1. The fraction of sp³-hybridized carbons (Fsp3) is 0.444. The lowest BCUT2D eigenvalue weighted by Gasteiger charge is -2.23. The van der Waals surface area contributed by atoms with Crippen molar-refractivity contribution in [1.82, 2.24) is 10.6 Å². The molecule has 0 spiro atoms. The fourth-order valence-corrected chi connectivity index (χ4v) is 4.46. The highest BCUT2D eigenvalue weighted by molar-refractivity contribution is 7.80. The van der Waals surface area contributed by atoms with Gasteiger partial charge in [-0.25, -0.2) is 0 Å². The molecule has 188 valence electrons. The standard InChI is InChI=1S/C27H34ClN3O3S/c1-2-3-4-8-17-34-22-14-11-19(12-15-22)25(32)31-27(35)30-21-13-16-24(28)23(18-21)26(33)29-20-9-6-5-7-10-20/h11-16,18,20H,2-10,17H2,1H3,(H,29,33)(H2,30,31,32,35). The average molecular weight is 516 g/mol. The quantitative estimate of drug-likeness (QED) is 0.249. The number of ether oxygens (including phenoxy) is 1. The molecule has 0 aliphatic heterocycles. The largest absolute Gasteiger partial charge is 0.494 e. The van der Waals surface area contributed by atoms with E-state index in [0.717, 1.165) is 44.3 Å². The number of rotatable bonds is 10. The van der Waals surface area contributed by atoms with E-state index in [1.54, 1.807) is 42.5 Å². The van der Waals surface area contributed by atoms with Crippen molar-refractivity contribution in [3.8, 4) is 5.75 Å². The lowest BCUT2D eigenvalue weighted by molar-refractivity contribution is 0.0926. The predicted octanol–water partition coefficient (Wildman–Crippen LogP) is 6.49. The molecule has 1 fully saturated rings. The summed E-state index contributed by atoms with van der Waals surface area (Å²) in [6.07, 6.45) is 10.0. The molecule has 3 rings (SSSR count). The summed E-state index contributed by atoms with van der Waals surface area (Å²) < 4.78 is 5.72. The molecule has 0 bridgehead atoms. The Kier molecular flexibility index (Phi) is 10.8. The highest BCUT2D eigenvalue weighted by Gasteiger charge is 2.19. The van der Waals surface area contributed by atoms with Crippen LogP contribution in [0, 0.1) is 0 Å². The molecule has 2 aromatic rings. The minimum atomic E-state index is -0.332. The van der Waals surface area contributed by atoms with Gasteiger partial charge in [-0.3, -0.25) is 14.9 Å². The van der Waals surface area contributed by atoms with Crippen molar-refractivity contribution in [1.29, 1.82) is 0 Å². The Bertz CT molecular complexity index is 1010. The number of hydrogen-bond acceptors (Lipinski definition) is 4. The van der Waals surface area contributed by atoms with Crippen molar-refractivity contribution in [2.45, 2.75) is 70.8 Å². The van der Waals surface area contributed by atoms with Crippen LogP contribution in [0.3, 0.4) is 0 Å². The van der Waals surface area contributed by atoms with E-state index in [4.69, 9.17) is 28.6 Å². The second kappa shape index (κ2) is 14.0. The summed E-state index contributed by atoms with van der Waals surface area (Å²) in [5.74, 6) is 0.202. The summed E-state index contributed by atoms with van der Waals surface area (Å²) in [4.78, 5) is 25.3. The van der Waals surface area contributed by atoms with Gasteiger partial charge >= 0.3 is 0 Å². The molecule has 1 saturated carbocycles. The molecule has 0 radical (unpaired) electrons. The van der Waals surface area contributed by atoms with E-state index in [2.05, 4.69) is 22.9 Å². The van der Waals surface area contributed by atoms with Crippen LogP contribution in [0.15, 0.2) is 42.5 Å². The SMILES string of the molecule is CCCCCCOc1ccc(C(=O)NC(=S)Nc2ccc(Cl)c(C(=O)NC3CCCCC3)c2)cc1. The Hall–Kier alpha value is -2.64. The molecule has 35 heavy (non-hydrogen) atoms. The molecule has 0 aromatic heterocycles. The maximum absolute atomic E-state index is 12.7. The molecule has 0 atom stereocenters. The Balaban J connectivity index is 1.50. The monoisotopic (exact) mass is 515 g/mol. The van der Waals surface area contributed by atoms with Crippen molar-refractivity contribution < 1.29 is 14.3 Å². The van der Waals surface area contributed by atoms with Crippen LogP contribution in [-0.2, 0) is 0 Å². The minimum Gasteiger partial charge on any atom is -0.494 e. The zero-order valence-corrected chi connectivity index (χ0v) is 21.8. The first-order chi connectivity index (χ1) is 17.0. The van der Waals surface area contributed by atoms with Crippen LogP contribution in [0.5, 0.6) is 5.75 Å². The van der Waals surface area contributed by atoms with Crippen LogP contribution >= 0.6 is 23.8 Å². The van der Waals surface area contributed by atoms with Crippen LogP contribution in [0.2, 0.25) is 5.02 Å². The van der Waals surface area contributed by atoms with E-state index in [1.165, 1.54) is 19.3 Å². The molecule has 1 aliphatic carbocycles. The second-order valence-corrected chi connectivity index (χ2v) is 9.66. The predicted molar refractivity (Wildman–Crippen MR) is 146 cm³/mol. The van der Waals surface area contributed by atoms with Gasteiger partial charge in [0.05, 0.1) is 17.2 Å². The van der Waals surface area contributed by atoms with Crippen molar-refractivity contribution >= 4 is 46.4 Å². The van der Waals surface area contributed by atoms with Gasteiger partial charge < -0.3 is 15.4 Å². The normalized spacial score (nSPS) is 13.7. The van der Waals surface area contributed by atoms with Crippen LogP contribution in [0.1, 0.15) is 85.4 Å². The summed E-state index contributed by atoms with van der Waals surface area (Å²) in [6.45, 7) is 2.84. The topological polar surface area (TPSA) is 79.5 Å². The van der Waals surface area contributed by atoms with Gasteiger partial charge in [-0.05, 0) is 73.9 Å². The Morgan fingerprint density at radius 1 is 1.00 bits per heavy atom. The van der Waals surface area contributed by atoms with E-state index in [9.17, 15) is 9.59 Å². The molecule has 0 unspecified atom stereocenters. The first-order valence-corrected chi connectivity index (χ1v) is 13.2. The van der Waals surface area contributed by atoms with Crippen LogP contribution < -0.4 is 20.7 Å². The lowest BCUT2D eigenvalue weighted by atomic mass is 9.95. The van der Waals surface area contributed by atoms with Gasteiger partial charge in [-0.15, -0.1) is 0 Å². The molecule has 3 N–H and O–H groups in total. The van der Waals surface area contributed by atoms with Crippen molar-refractivity contribution in [3.05, 3.63) is 58.6 Å². The Morgan fingerprint density at radius 3 is 2.46 bits per heavy atom. The third-order valence-electron chi connectivity index (χ3n) is 6.02. The lowest BCUT2D eigenvalue weighted by Crippen LogP contribution is -2.36. The molecular formula is C27H34ClN3O3S. The smallest absolute Gasteiger partial charge is 0.257 e. The summed E-state index contributed by atoms with van der Waals surface area (Å²) in [5.41, 5.74) is 1.41. The summed E-state index contributed by atoms with van der Waals surface area (Å²) in [6, 6.07) is 12.2. The number of unbranched alkanes of at least 4 members (excludes halogenated alkanes) is 3. The van der Waals surface area contributed by atoms with Crippen LogP contribution in [0.4, 0.5) is 5.69 Å². The van der Waals surface area contributed by atoms with E-state index in [0.29, 0.717) is 28.4 Å². The molecular weight excluding hydrogens is 482 g/mol. The fourth-order valence-electron chi connectivity index (χ4n) is 4.05. The van der Waals surface area contributed by atoms with E-state index in [-0.39, 0.29) is 23.0 Å². The highest BCUT2D eigenvalue weighted by Crippen LogP contribution is 2.23. The zero-order valence-electron chi connectivity index (χ0n) is 20.2. The van der Waals surface area contributed by atoms with E-state index < -0.39 is 0 Å². The molecule has 0 saturated heterocycles. The molecule has 2 aromatic carbocycles. The highest BCUT2D eigenvalue weighted by atomic mass is 35.5. The van der Waals surface area contributed by atoms with Crippen molar-refractivity contribution in [2.75, 3.05) is 11.9 Å². The van der Waals surface area contributed by atoms with Gasteiger partial charge in [0.1, 0.15) is 5.75 Å². The number of carbonyl (C=O) groups is 2. The Labute approximate surface area is 218 Å². The van der Waals surface area contributed by atoms with Gasteiger partial charge in [0.15, 0.2) is 5.11 Å². The number of amides is 2. The van der Waals surface area contributed by atoms with E-state index in [1.807, 2.05) is 0 Å². The third-order valence-corrected chi connectivity index (χ3v) is 6.55. The van der Waals surface area contributed by atoms with Gasteiger partial charge in [0.2, 0.25) is 0 Å². The van der Waals surface area contributed by atoms with Crippen LogP contribution in [0.25, 0.3) is 0 Å². The summed E-state index contributed by atoms with van der Waals surface area (Å²) in [5, 5.41) is 9.20. The number of hydrogen-bond donors (Lipinski definition) is 3. The molecule has 0 heterocycles. The summed E-state index contributed by atoms with van der Waals surface area (Å²) in [7, 11) is 0. The van der Waals surface area contributed by atoms with Gasteiger partial charge in [0.25, 0.3) is 11.8 Å². The molecule has 6 nitrogen and oxygen atoms in total. The third kappa shape index (κ3) is 8.82. The molecule has 2 amide bonds. The summed E-state index contributed by atoms with van der Waals surface area (Å²) >= 11 is 11.6. The number of benzene rings is 2. The van der Waals surface area contributed by atoms with Gasteiger partial charge in [-0.1, -0.05) is 57.0 Å². The first kappa shape index (κ1) is 27.0.